The monoisotopic (exact) mass is 479 g/mol. The molecule has 0 spiro atoms. The zero-order chi connectivity index (χ0) is 24.2. The molecular formula is C28H49NO3S. The molecule has 1 atom stereocenters. The zero-order valence-electron chi connectivity index (χ0n) is 21.1. The summed E-state index contributed by atoms with van der Waals surface area (Å²) in [6, 6.07) is 9.99. The molecule has 33 heavy (non-hydrogen) atoms. The van der Waals surface area contributed by atoms with Gasteiger partial charge in [-0.15, -0.1) is 6.58 Å². The fourth-order valence-electron chi connectivity index (χ4n) is 4.45. The molecule has 0 saturated carbocycles. The molecule has 1 aromatic carbocycles. The molecular weight excluding hydrogens is 430 g/mol. The van der Waals surface area contributed by atoms with E-state index < -0.39 is 10.1 Å². The second-order valence-electron chi connectivity index (χ2n) is 9.36. The minimum absolute atomic E-state index is 0.0420. The minimum atomic E-state index is -3.98. The van der Waals surface area contributed by atoms with Gasteiger partial charge in [-0.2, -0.15) is 8.42 Å². The Hall–Kier alpha value is -1.17. The summed E-state index contributed by atoms with van der Waals surface area (Å²) in [5.41, 5.74) is 1.10. The van der Waals surface area contributed by atoms with E-state index in [1.165, 1.54) is 83.5 Å². The summed E-state index contributed by atoms with van der Waals surface area (Å²) in [5, 5.41) is 0. The van der Waals surface area contributed by atoms with E-state index in [1.807, 2.05) is 36.4 Å². The first-order valence-corrected chi connectivity index (χ1v) is 15.0. The predicted octanol–water partition coefficient (Wildman–Crippen LogP) is 7.97. The first-order chi connectivity index (χ1) is 16.0. The van der Waals surface area contributed by atoms with Crippen LogP contribution in [0.2, 0.25) is 0 Å². The van der Waals surface area contributed by atoms with Crippen LogP contribution in [0, 0.1) is 0 Å². The van der Waals surface area contributed by atoms with E-state index in [-0.39, 0.29) is 11.8 Å². The highest BCUT2D eigenvalue weighted by Gasteiger charge is 2.19. The quantitative estimate of drug-likeness (QED) is 0.104. The lowest BCUT2D eigenvalue weighted by atomic mass is 10.0. The summed E-state index contributed by atoms with van der Waals surface area (Å²) in [6.07, 6.45) is 21.8. The van der Waals surface area contributed by atoms with Gasteiger partial charge in [-0.25, -0.2) is 0 Å². The first kappa shape index (κ1) is 29.9. The number of hydrogen-bond acceptors (Lipinski definition) is 3. The van der Waals surface area contributed by atoms with Gasteiger partial charge < -0.3 is 0 Å². The topological polar surface area (TPSA) is 57.6 Å². The van der Waals surface area contributed by atoms with Gasteiger partial charge in [0.15, 0.2) is 0 Å². The van der Waals surface area contributed by atoms with Crippen molar-refractivity contribution >= 4 is 10.1 Å². The largest absolute Gasteiger partial charge is 0.292 e. The maximum atomic E-state index is 11.3. The molecule has 0 amide bonds. The summed E-state index contributed by atoms with van der Waals surface area (Å²) >= 11 is 0. The summed E-state index contributed by atoms with van der Waals surface area (Å²) < 4.78 is 31.8. The molecule has 5 heteroatoms. The number of nitrogens with zero attached hydrogens (tertiary/aromatic N) is 1. The van der Waals surface area contributed by atoms with E-state index in [4.69, 9.17) is 0 Å². The van der Waals surface area contributed by atoms with E-state index in [2.05, 4.69) is 18.4 Å². The maximum absolute atomic E-state index is 11.3. The molecule has 4 nitrogen and oxygen atoms in total. The van der Waals surface area contributed by atoms with Crippen molar-refractivity contribution in [1.82, 2.24) is 4.90 Å². The molecule has 0 saturated heterocycles. The van der Waals surface area contributed by atoms with Crippen molar-refractivity contribution in [3.8, 4) is 0 Å². The average molecular weight is 480 g/mol. The molecule has 1 rings (SSSR count). The van der Waals surface area contributed by atoms with Crippen molar-refractivity contribution < 1.29 is 13.0 Å². The van der Waals surface area contributed by atoms with Gasteiger partial charge in [0.05, 0.1) is 11.8 Å². The number of hydrogen-bond donors (Lipinski definition) is 1. The van der Waals surface area contributed by atoms with Crippen LogP contribution in [0.1, 0.15) is 115 Å². The second kappa shape index (κ2) is 19.2. The van der Waals surface area contributed by atoms with Crippen LogP contribution in [0.5, 0.6) is 0 Å². The summed E-state index contributed by atoms with van der Waals surface area (Å²) in [5.74, 6) is -0.247. The Morgan fingerprint density at radius 1 is 0.788 bits per heavy atom. The third-order valence-corrected chi connectivity index (χ3v) is 7.14. The van der Waals surface area contributed by atoms with Crippen LogP contribution in [0.4, 0.5) is 0 Å². The zero-order valence-corrected chi connectivity index (χ0v) is 21.9. The van der Waals surface area contributed by atoms with Crippen molar-refractivity contribution in [2.24, 2.45) is 0 Å². The molecule has 1 N–H and O–H groups in total. The van der Waals surface area contributed by atoms with Gasteiger partial charge in [-0.1, -0.05) is 133 Å². The molecule has 190 valence electrons. The Morgan fingerprint density at radius 2 is 1.24 bits per heavy atom. The molecule has 0 aliphatic carbocycles. The highest BCUT2D eigenvalue weighted by atomic mass is 32.2. The fraction of sp³-hybridized carbons (Fsp3) is 0.714. The molecule has 0 bridgehead atoms. The Bertz CT molecular complexity index is 690. The van der Waals surface area contributed by atoms with Crippen LogP contribution >= 0.6 is 0 Å². The highest BCUT2D eigenvalue weighted by Crippen LogP contribution is 2.23. The van der Waals surface area contributed by atoms with Crippen LogP contribution in [-0.4, -0.2) is 36.7 Å². The van der Waals surface area contributed by atoms with Crippen LogP contribution in [0.3, 0.4) is 0 Å². The van der Waals surface area contributed by atoms with Crippen molar-refractivity contribution in [2.45, 2.75) is 109 Å². The van der Waals surface area contributed by atoms with E-state index in [9.17, 15) is 13.0 Å². The van der Waals surface area contributed by atoms with Crippen molar-refractivity contribution in [1.29, 1.82) is 0 Å². The number of benzene rings is 1. The van der Waals surface area contributed by atoms with Crippen molar-refractivity contribution in [3.05, 3.63) is 48.6 Å². The second-order valence-corrected chi connectivity index (χ2v) is 10.9. The summed E-state index contributed by atoms with van der Waals surface area (Å²) in [6.45, 7) is 7.35. The summed E-state index contributed by atoms with van der Waals surface area (Å²) in [4.78, 5) is 2.12. The van der Waals surface area contributed by atoms with Crippen molar-refractivity contribution in [2.75, 3.05) is 18.8 Å². The van der Waals surface area contributed by atoms with E-state index >= 15 is 0 Å². The van der Waals surface area contributed by atoms with Gasteiger partial charge >= 0.3 is 0 Å². The van der Waals surface area contributed by atoms with Crippen LogP contribution in [0.25, 0.3) is 0 Å². The average Bonchev–Trinajstić information content (AvgIpc) is 2.80. The minimum Gasteiger partial charge on any atom is -0.292 e. The van der Waals surface area contributed by atoms with Gasteiger partial charge in [-0.05, 0) is 18.5 Å². The van der Waals surface area contributed by atoms with Crippen LogP contribution in [0.15, 0.2) is 43.0 Å². The Morgan fingerprint density at radius 3 is 1.67 bits per heavy atom. The molecule has 1 unspecified atom stereocenters. The molecule has 1 aromatic rings. The fourth-order valence-corrected chi connectivity index (χ4v) is 4.92. The molecule has 0 radical (unpaired) electrons. The number of rotatable bonds is 22. The predicted molar refractivity (Wildman–Crippen MR) is 142 cm³/mol. The van der Waals surface area contributed by atoms with E-state index in [0.717, 1.165) is 24.9 Å². The SMILES string of the molecule is C=CC(c1ccccc1)N(CCCCCCCCCCCCCCCCC)CCS(=O)(=O)O. The standard InChI is InChI=1S/C28H49NO3S/c1-3-5-6-7-8-9-10-11-12-13-14-15-16-17-21-24-29(25-26-33(30,31)32)28(4-2)27-22-19-18-20-23-27/h4,18-20,22-23,28H,2-3,5-17,21,24-26H2,1H3,(H,30,31,32). The van der Waals surface area contributed by atoms with Gasteiger partial charge in [0.2, 0.25) is 0 Å². The molecule has 0 heterocycles. The van der Waals surface area contributed by atoms with Crippen LogP contribution < -0.4 is 0 Å². The van der Waals surface area contributed by atoms with Gasteiger partial charge in [0.1, 0.15) is 0 Å². The molecule has 0 aliphatic rings. The van der Waals surface area contributed by atoms with Crippen molar-refractivity contribution in [3.63, 3.8) is 0 Å². The highest BCUT2D eigenvalue weighted by molar-refractivity contribution is 7.85. The molecule has 0 fully saturated rings. The van der Waals surface area contributed by atoms with Crippen LogP contribution in [-0.2, 0) is 10.1 Å². The Labute approximate surface area is 204 Å². The number of unbranched alkanes of at least 4 members (excludes halogenated alkanes) is 14. The molecule has 0 aliphatic heterocycles. The third kappa shape index (κ3) is 16.2. The van der Waals surface area contributed by atoms with Gasteiger partial charge in [0, 0.05) is 6.54 Å². The third-order valence-electron chi connectivity index (χ3n) is 6.44. The van der Waals surface area contributed by atoms with E-state index in [0.29, 0.717) is 6.54 Å². The molecule has 0 aromatic heterocycles. The normalized spacial score (nSPS) is 12.8. The maximum Gasteiger partial charge on any atom is 0.266 e. The van der Waals surface area contributed by atoms with Gasteiger partial charge in [0.25, 0.3) is 10.1 Å². The smallest absolute Gasteiger partial charge is 0.266 e. The lowest BCUT2D eigenvalue weighted by Crippen LogP contribution is -2.33. The Balaban J connectivity index is 2.19. The van der Waals surface area contributed by atoms with E-state index in [1.54, 1.807) is 0 Å². The Kier molecular flexibility index (Phi) is 17.3. The van der Waals surface area contributed by atoms with Gasteiger partial charge in [-0.3, -0.25) is 9.45 Å². The lowest BCUT2D eigenvalue weighted by Gasteiger charge is -2.29. The first-order valence-electron chi connectivity index (χ1n) is 13.3. The summed E-state index contributed by atoms with van der Waals surface area (Å²) in [7, 11) is -3.98. The lowest BCUT2D eigenvalue weighted by molar-refractivity contribution is 0.237.